The fraction of sp³-hybridized carbons (Fsp3) is 0.115. The number of nitrogens with zero attached hydrogens (tertiary/aromatic N) is 2. The van der Waals surface area contributed by atoms with E-state index in [0.29, 0.717) is 24.2 Å². The SMILES string of the molecule is Cc1ccc(C(=O)c2cccn2C/C=C/c2cccc(Cc3scnc3C(=O)O)c2)cc1. The lowest BCUT2D eigenvalue weighted by atomic mass is 10.1. The van der Waals surface area contributed by atoms with Gasteiger partial charge in [0.25, 0.3) is 0 Å². The molecule has 0 aliphatic carbocycles. The number of allylic oxidation sites excluding steroid dienone is 1. The zero-order valence-electron chi connectivity index (χ0n) is 17.6. The average Bonchev–Trinajstić information content (AvgIpc) is 3.44. The summed E-state index contributed by atoms with van der Waals surface area (Å²) >= 11 is 1.35. The molecule has 0 aliphatic rings. The van der Waals surface area contributed by atoms with Gasteiger partial charge in [0.05, 0.1) is 11.2 Å². The third kappa shape index (κ3) is 4.92. The van der Waals surface area contributed by atoms with Gasteiger partial charge in [0.2, 0.25) is 5.78 Å². The Balaban J connectivity index is 1.45. The molecule has 0 unspecified atom stereocenters. The number of hydrogen-bond donors (Lipinski definition) is 1. The monoisotopic (exact) mass is 442 g/mol. The van der Waals surface area contributed by atoms with Crippen molar-refractivity contribution in [1.29, 1.82) is 0 Å². The van der Waals surface area contributed by atoms with Gasteiger partial charge in [-0.25, -0.2) is 9.78 Å². The van der Waals surface area contributed by atoms with Crippen LogP contribution in [0.15, 0.2) is 78.4 Å². The molecule has 2 aromatic carbocycles. The van der Waals surface area contributed by atoms with E-state index >= 15 is 0 Å². The number of benzene rings is 2. The van der Waals surface area contributed by atoms with E-state index in [9.17, 15) is 14.7 Å². The first-order valence-electron chi connectivity index (χ1n) is 10.2. The van der Waals surface area contributed by atoms with E-state index in [1.165, 1.54) is 11.3 Å². The number of carbonyl (C=O) groups excluding carboxylic acids is 1. The second-order valence-electron chi connectivity index (χ2n) is 7.49. The minimum Gasteiger partial charge on any atom is -0.476 e. The van der Waals surface area contributed by atoms with E-state index in [1.807, 2.05) is 90.5 Å². The zero-order valence-corrected chi connectivity index (χ0v) is 18.4. The largest absolute Gasteiger partial charge is 0.476 e. The molecular weight excluding hydrogens is 420 g/mol. The Morgan fingerprint density at radius 1 is 1.09 bits per heavy atom. The highest BCUT2D eigenvalue weighted by atomic mass is 32.1. The van der Waals surface area contributed by atoms with Gasteiger partial charge in [0, 0.05) is 29.6 Å². The molecule has 0 atom stereocenters. The normalized spacial score (nSPS) is 11.2. The van der Waals surface area contributed by atoms with Crippen molar-refractivity contribution in [3.8, 4) is 0 Å². The number of carboxylic acids is 1. The van der Waals surface area contributed by atoms with E-state index in [0.717, 1.165) is 21.6 Å². The molecule has 160 valence electrons. The predicted molar refractivity (Wildman–Crippen MR) is 126 cm³/mol. The number of aryl methyl sites for hydroxylation is 1. The second-order valence-corrected chi connectivity index (χ2v) is 8.43. The van der Waals surface area contributed by atoms with Crippen LogP contribution in [0, 0.1) is 6.92 Å². The summed E-state index contributed by atoms with van der Waals surface area (Å²) in [6.45, 7) is 2.57. The maximum atomic E-state index is 12.9. The first-order chi connectivity index (χ1) is 15.5. The van der Waals surface area contributed by atoms with E-state index in [2.05, 4.69) is 4.98 Å². The predicted octanol–water partition coefficient (Wildman–Crippen LogP) is 5.49. The lowest BCUT2D eigenvalue weighted by Gasteiger charge is -2.07. The third-order valence-electron chi connectivity index (χ3n) is 5.15. The summed E-state index contributed by atoms with van der Waals surface area (Å²) in [5.74, 6) is -0.996. The van der Waals surface area contributed by atoms with Crippen molar-refractivity contribution in [1.82, 2.24) is 9.55 Å². The summed E-state index contributed by atoms with van der Waals surface area (Å²) in [7, 11) is 0. The number of carboxylic acid groups (broad SMARTS) is 1. The van der Waals surface area contributed by atoms with Crippen molar-refractivity contribution >= 4 is 29.2 Å². The molecule has 0 spiro atoms. The lowest BCUT2D eigenvalue weighted by Crippen LogP contribution is -2.09. The zero-order chi connectivity index (χ0) is 22.5. The summed E-state index contributed by atoms with van der Waals surface area (Å²) in [4.78, 5) is 28.8. The number of carbonyl (C=O) groups is 2. The molecular formula is C26H22N2O3S. The van der Waals surface area contributed by atoms with Gasteiger partial charge in [-0.2, -0.15) is 0 Å². The Morgan fingerprint density at radius 3 is 2.69 bits per heavy atom. The molecule has 0 bridgehead atoms. The number of ketones is 1. The Morgan fingerprint density at radius 2 is 1.91 bits per heavy atom. The Labute approximate surface area is 190 Å². The highest BCUT2D eigenvalue weighted by Crippen LogP contribution is 2.20. The van der Waals surface area contributed by atoms with Crippen molar-refractivity contribution < 1.29 is 14.7 Å². The summed E-state index contributed by atoms with van der Waals surface area (Å²) in [5.41, 5.74) is 6.17. The molecule has 32 heavy (non-hydrogen) atoms. The summed E-state index contributed by atoms with van der Waals surface area (Å²) in [5, 5.41) is 9.25. The minimum absolute atomic E-state index is 0.00388. The van der Waals surface area contributed by atoms with Crippen LogP contribution in [0.1, 0.15) is 48.1 Å². The highest BCUT2D eigenvalue weighted by molar-refractivity contribution is 7.10. The van der Waals surface area contributed by atoms with Crippen molar-refractivity contribution in [3.63, 3.8) is 0 Å². The van der Waals surface area contributed by atoms with Gasteiger partial charge < -0.3 is 9.67 Å². The minimum atomic E-state index is -1.000. The van der Waals surface area contributed by atoms with Crippen LogP contribution in [-0.4, -0.2) is 26.4 Å². The van der Waals surface area contributed by atoms with Crippen LogP contribution in [0.4, 0.5) is 0 Å². The molecule has 1 N–H and O–H groups in total. The Kier molecular flexibility index (Phi) is 6.42. The maximum absolute atomic E-state index is 12.9. The number of rotatable bonds is 8. The van der Waals surface area contributed by atoms with E-state index in [1.54, 1.807) is 5.51 Å². The maximum Gasteiger partial charge on any atom is 0.355 e. The molecule has 0 amide bonds. The van der Waals surface area contributed by atoms with Gasteiger partial charge in [-0.1, -0.05) is 66.2 Å². The number of hydrogen-bond acceptors (Lipinski definition) is 4. The summed E-state index contributed by atoms with van der Waals surface area (Å²) in [6, 6.07) is 19.3. The van der Waals surface area contributed by atoms with Gasteiger partial charge >= 0.3 is 5.97 Å². The van der Waals surface area contributed by atoms with Crippen molar-refractivity contribution in [2.24, 2.45) is 0 Å². The van der Waals surface area contributed by atoms with Gasteiger partial charge in [-0.05, 0) is 30.2 Å². The van der Waals surface area contributed by atoms with E-state index in [-0.39, 0.29) is 11.5 Å². The van der Waals surface area contributed by atoms with Gasteiger partial charge in [-0.15, -0.1) is 11.3 Å². The number of aromatic carboxylic acids is 1. The first-order valence-corrected chi connectivity index (χ1v) is 11.1. The fourth-order valence-corrected chi connectivity index (χ4v) is 4.28. The highest BCUT2D eigenvalue weighted by Gasteiger charge is 2.14. The molecule has 4 aromatic rings. The topological polar surface area (TPSA) is 72.2 Å². The van der Waals surface area contributed by atoms with Crippen LogP contribution < -0.4 is 0 Å². The van der Waals surface area contributed by atoms with Gasteiger partial charge in [0.1, 0.15) is 0 Å². The molecule has 0 aliphatic heterocycles. The molecule has 5 nitrogen and oxygen atoms in total. The quantitative estimate of drug-likeness (QED) is 0.367. The van der Waals surface area contributed by atoms with Crippen LogP contribution in [0.3, 0.4) is 0 Å². The van der Waals surface area contributed by atoms with Gasteiger partial charge in [0.15, 0.2) is 5.69 Å². The van der Waals surface area contributed by atoms with Crippen LogP contribution in [0.5, 0.6) is 0 Å². The third-order valence-corrected chi connectivity index (χ3v) is 5.98. The fourth-order valence-electron chi connectivity index (χ4n) is 3.50. The first kappa shape index (κ1) is 21.5. The standard InChI is InChI=1S/C26H22N2O3S/c1-18-9-11-21(12-10-18)25(29)22-8-4-14-28(22)13-3-7-19-5-2-6-20(15-19)16-23-24(26(30)31)27-17-32-23/h2-12,14-15,17H,13,16H2,1H3,(H,30,31)/b7-3+. The van der Waals surface area contributed by atoms with Crippen molar-refractivity contribution in [3.05, 3.63) is 117 Å². The second kappa shape index (κ2) is 9.58. The summed E-state index contributed by atoms with van der Waals surface area (Å²) < 4.78 is 1.93. The van der Waals surface area contributed by atoms with E-state index in [4.69, 9.17) is 0 Å². The van der Waals surface area contributed by atoms with Crippen molar-refractivity contribution in [2.75, 3.05) is 0 Å². The molecule has 0 saturated carbocycles. The molecule has 2 heterocycles. The summed E-state index contributed by atoms with van der Waals surface area (Å²) in [6.07, 6.45) is 6.45. The van der Waals surface area contributed by atoms with Crippen LogP contribution in [-0.2, 0) is 13.0 Å². The number of thiazole rings is 1. The smallest absolute Gasteiger partial charge is 0.355 e. The molecule has 0 saturated heterocycles. The van der Waals surface area contributed by atoms with Crippen LogP contribution >= 0.6 is 11.3 Å². The van der Waals surface area contributed by atoms with E-state index < -0.39 is 5.97 Å². The average molecular weight is 443 g/mol. The Bertz CT molecular complexity index is 1280. The number of aromatic nitrogens is 2. The molecule has 4 rings (SSSR count). The molecule has 6 heteroatoms. The van der Waals surface area contributed by atoms with Crippen molar-refractivity contribution in [2.45, 2.75) is 19.9 Å². The van der Waals surface area contributed by atoms with Gasteiger partial charge in [-0.3, -0.25) is 4.79 Å². The van der Waals surface area contributed by atoms with Crippen LogP contribution in [0.2, 0.25) is 0 Å². The molecule has 2 aromatic heterocycles. The molecule has 0 fully saturated rings. The Hall–Kier alpha value is -3.77. The molecule has 0 radical (unpaired) electrons. The van der Waals surface area contributed by atoms with Crippen LogP contribution in [0.25, 0.3) is 6.08 Å². The lowest BCUT2D eigenvalue weighted by molar-refractivity contribution is 0.0690.